The highest BCUT2D eigenvalue weighted by Gasteiger charge is 2.10. The summed E-state index contributed by atoms with van der Waals surface area (Å²) in [5.41, 5.74) is 2.92. The maximum atomic E-state index is 13.0. The summed E-state index contributed by atoms with van der Waals surface area (Å²) in [6.07, 6.45) is 0. The van der Waals surface area contributed by atoms with E-state index in [1.807, 2.05) is 30.3 Å². The predicted octanol–water partition coefficient (Wildman–Crippen LogP) is 4.80. The zero-order valence-electron chi connectivity index (χ0n) is 12.6. The van der Waals surface area contributed by atoms with Gasteiger partial charge in [0.05, 0.1) is 4.92 Å². The number of nitro groups is 1. The second-order valence-corrected chi connectivity index (χ2v) is 5.11. The summed E-state index contributed by atoms with van der Waals surface area (Å²) >= 11 is 0. The largest absolute Gasteiger partial charge is 0.270 e. The lowest BCUT2D eigenvalue weighted by molar-refractivity contribution is -0.384. The van der Waals surface area contributed by atoms with E-state index in [1.165, 1.54) is 24.3 Å². The number of nitro benzene ring substituents is 1. The predicted molar refractivity (Wildman–Crippen MR) is 90.9 cm³/mol. The summed E-state index contributed by atoms with van der Waals surface area (Å²) in [4.78, 5) is 10.6. The minimum atomic E-state index is -0.447. The van der Waals surface area contributed by atoms with Crippen molar-refractivity contribution in [1.29, 1.82) is 0 Å². The summed E-state index contributed by atoms with van der Waals surface area (Å²) in [6.45, 7) is 0. The molecule has 0 saturated heterocycles. The number of halogens is 1. The summed E-state index contributed by atoms with van der Waals surface area (Å²) in [6, 6.07) is 20.0. The van der Waals surface area contributed by atoms with Crippen LogP contribution >= 0.6 is 0 Å². The molecule has 4 heteroatoms. The smallest absolute Gasteiger partial charge is 0.258 e. The molecule has 0 N–H and O–H groups in total. The first-order chi connectivity index (χ1) is 11.6. The molecule has 0 aliphatic carbocycles. The Morgan fingerprint density at radius 2 is 1.58 bits per heavy atom. The lowest BCUT2D eigenvalue weighted by Crippen LogP contribution is -1.91. The van der Waals surface area contributed by atoms with Crippen LogP contribution in [0.1, 0.15) is 11.1 Å². The number of non-ortho nitro benzene ring substituents is 1. The van der Waals surface area contributed by atoms with Crippen LogP contribution in [0.4, 0.5) is 10.1 Å². The van der Waals surface area contributed by atoms with Crippen LogP contribution in [0.3, 0.4) is 0 Å². The van der Waals surface area contributed by atoms with Crippen molar-refractivity contribution in [3.05, 3.63) is 99.9 Å². The van der Waals surface area contributed by atoms with Crippen LogP contribution in [0, 0.1) is 27.8 Å². The molecule has 0 aliphatic heterocycles. The minimum Gasteiger partial charge on any atom is -0.258 e. The van der Waals surface area contributed by atoms with Gasteiger partial charge in [0.25, 0.3) is 5.69 Å². The second kappa shape index (κ2) is 6.76. The molecule has 3 nitrogen and oxygen atoms in total. The van der Waals surface area contributed by atoms with E-state index in [-0.39, 0.29) is 11.5 Å². The lowest BCUT2D eigenvalue weighted by Gasteiger charge is -2.05. The average Bonchev–Trinajstić information content (AvgIpc) is 2.61. The standard InChI is InChI=1S/C20H12FNO2/c21-18-10-7-15(8-11-18)6-9-17-14-19(22(23)24)12-13-20(17)16-4-2-1-3-5-16/h1-5,7-8,10-14H. The van der Waals surface area contributed by atoms with E-state index < -0.39 is 4.92 Å². The molecule has 3 aromatic rings. The fourth-order valence-corrected chi connectivity index (χ4v) is 2.29. The molecule has 0 bridgehead atoms. The monoisotopic (exact) mass is 317 g/mol. The van der Waals surface area contributed by atoms with Crippen LogP contribution in [0.5, 0.6) is 0 Å². The van der Waals surface area contributed by atoms with Gasteiger partial charge < -0.3 is 0 Å². The van der Waals surface area contributed by atoms with Crippen LogP contribution in [-0.2, 0) is 0 Å². The Morgan fingerprint density at radius 3 is 2.25 bits per heavy atom. The Hall–Kier alpha value is -3.45. The SMILES string of the molecule is O=[N+]([O-])c1ccc(-c2ccccc2)c(C#Cc2ccc(F)cc2)c1. The van der Waals surface area contributed by atoms with Crippen molar-refractivity contribution < 1.29 is 9.31 Å². The van der Waals surface area contributed by atoms with Gasteiger partial charge in [-0.25, -0.2) is 4.39 Å². The molecule has 0 amide bonds. The molecule has 116 valence electrons. The molecule has 0 radical (unpaired) electrons. The molecule has 0 aliphatic rings. The molecule has 0 fully saturated rings. The van der Waals surface area contributed by atoms with E-state index >= 15 is 0 Å². The average molecular weight is 317 g/mol. The third-order valence-corrected chi connectivity index (χ3v) is 3.48. The van der Waals surface area contributed by atoms with Crippen molar-refractivity contribution in [3.63, 3.8) is 0 Å². The molecule has 3 aromatic carbocycles. The molecular formula is C20H12FNO2. The maximum Gasteiger partial charge on any atom is 0.270 e. The lowest BCUT2D eigenvalue weighted by atomic mass is 9.99. The van der Waals surface area contributed by atoms with Gasteiger partial charge in [0.2, 0.25) is 0 Å². The van der Waals surface area contributed by atoms with Crippen LogP contribution in [0.15, 0.2) is 72.8 Å². The highest BCUT2D eigenvalue weighted by atomic mass is 19.1. The quantitative estimate of drug-likeness (QED) is 0.387. The highest BCUT2D eigenvalue weighted by Crippen LogP contribution is 2.26. The number of benzene rings is 3. The topological polar surface area (TPSA) is 43.1 Å². The first-order valence-corrected chi connectivity index (χ1v) is 7.25. The van der Waals surface area contributed by atoms with Crippen LogP contribution in [-0.4, -0.2) is 4.92 Å². The number of nitrogens with zero attached hydrogens (tertiary/aromatic N) is 1. The Bertz CT molecular complexity index is 939. The third-order valence-electron chi connectivity index (χ3n) is 3.48. The number of hydrogen-bond donors (Lipinski definition) is 0. The zero-order chi connectivity index (χ0) is 16.9. The van der Waals surface area contributed by atoms with Crippen LogP contribution < -0.4 is 0 Å². The molecule has 0 saturated carbocycles. The van der Waals surface area contributed by atoms with Crippen LogP contribution in [0.2, 0.25) is 0 Å². The van der Waals surface area contributed by atoms with E-state index in [0.29, 0.717) is 11.1 Å². The third kappa shape index (κ3) is 3.47. The van der Waals surface area contributed by atoms with Crippen LogP contribution in [0.25, 0.3) is 11.1 Å². The normalized spacial score (nSPS) is 9.88. The van der Waals surface area contributed by atoms with Gasteiger partial charge >= 0.3 is 0 Å². The van der Waals surface area contributed by atoms with E-state index in [4.69, 9.17) is 0 Å². The summed E-state index contributed by atoms with van der Waals surface area (Å²) in [5, 5.41) is 11.0. The van der Waals surface area contributed by atoms with Crippen molar-refractivity contribution in [2.24, 2.45) is 0 Å². The summed E-state index contributed by atoms with van der Waals surface area (Å²) in [5.74, 6) is 5.56. The van der Waals surface area contributed by atoms with Gasteiger partial charge in [-0.3, -0.25) is 10.1 Å². The number of rotatable bonds is 2. The Balaban J connectivity index is 2.09. The molecule has 0 atom stereocenters. The second-order valence-electron chi connectivity index (χ2n) is 5.11. The zero-order valence-corrected chi connectivity index (χ0v) is 12.6. The fourth-order valence-electron chi connectivity index (χ4n) is 2.29. The van der Waals surface area contributed by atoms with Gasteiger partial charge in [-0.15, -0.1) is 0 Å². The van der Waals surface area contributed by atoms with Gasteiger partial charge in [0, 0.05) is 23.3 Å². The minimum absolute atomic E-state index is 0.0157. The molecular weight excluding hydrogens is 305 g/mol. The molecule has 0 unspecified atom stereocenters. The number of hydrogen-bond acceptors (Lipinski definition) is 2. The van der Waals surface area contributed by atoms with Gasteiger partial charge in [0.15, 0.2) is 0 Å². The van der Waals surface area contributed by atoms with E-state index in [9.17, 15) is 14.5 Å². The van der Waals surface area contributed by atoms with Gasteiger partial charge in [-0.1, -0.05) is 42.2 Å². The highest BCUT2D eigenvalue weighted by molar-refractivity contribution is 5.73. The van der Waals surface area contributed by atoms with Gasteiger partial charge in [0.1, 0.15) is 5.82 Å². The molecule has 24 heavy (non-hydrogen) atoms. The van der Waals surface area contributed by atoms with E-state index in [1.54, 1.807) is 18.2 Å². The van der Waals surface area contributed by atoms with Gasteiger partial charge in [-0.05, 0) is 41.5 Å². The summed E-state index contributed by atoms with van der Waals surface area (Å²) in [7, 11) is 0. The fraction of sp³-hybridized carbons (Fsp3) is 0. The van der Waals surface area contributed by atoms with Crippen molar-refractivity contribution in [2.45, 2.75) is 0 Å². The Labute approximate surface area is 138 Å². The van der Waals surface area contributed by atoms with E-state index in [2.05, 4.69) is 11.8 Å². The molecule has 0 aromatic heterocycles. The molecule has 0 heterocycles. The Kier molecular flexibility index (Phi) is 4.35. The van der Waals surface area contributed by atoms with Crippen molar-refractivity contribution in [3.8, 4) is 23.0 Å². The first-order valence-electron chi connectivity index (χ1n) is 7.25. The molecule has 0 spiro atoms. The van der Waals surface area contributed by atoms with Gasteiger partial charge in [-0.2, -0.15) is 0 Å². The van der Waals surface area contributed by atoms with Crippen molar-refractivity contribution in [1.82, 2.24) is 0 Å². The van der Waals surface area contributed by atoms with E-state index in [0.717, 1.165) is 11.1 Å². The summed E-state index contributed by atoms with van der Waals surface area (Å²) < 4.78 is 13.0. The molecule has 3 rings (SSSR count). The van der Waals surface area contributed by atoms with Crippen molar-refractivity contribution >= 4 is 5.69 Å². The first kappa shape index (κ1) is 15.4. The maximum absolute atomic E-state index is 13.0. The Morgan fingerprint density at radius 1 is 0.875 bits per heavy atom. The van der Waals surface area contributed by atoms with Crippen molar-refractivity contribution in [2.75, 3.05) is 0 Å².